The second-order valence-electron chi connectivity index (χ2n) is 3.54. The van der Waals surface area contributed by atoms with Crippen LogP contribution < -0.4 is 0 Å². The summed E-state index contributed by atoms with van der Waals surface area (Å²) in [7, 11) is 0. The Morgan fingerprint density at radius 2 is 1.93 bits per heavy atom. The number of hydrogen-bond acceptors (Lipinski definition) is 5. The first-order valence-corrected chi connectivity index (χ1v) is 4.40. The van der Waals surface area contributed by atoms with Crippen molar-refractivity contribution >= 4 is 5.69 Å². The smallest absolute Gasteiger partial charge is 0.269 e. The number of nitrogens with zero attached hydrogens (tertiary/aromatic N) is 1. The monoisotopic (exact) mass is 209 g/mol. The fourth-order valence-corrected chi connectivity index (χ4v) is 1.73. The third-order valence-electron chi connectivity index (χ3n) is 2.70. The van der Waals surface area contributed by atoms with Gasteiger partial charge in [0.1, 0.15) is 6.61 Å². The summed E-state index contributed by atoms with van der Waals surface area (Å²) in [5.41, 5.74) is 0.716. The van der Waals surface area contributed by atoms with E-state index >= 15 is 0 Å². The molecule has 1 aromatic rings. The zero-order valence-electron chi connectivity index (χ0n) is 7.54. The number of epoxide rings is 2. The third-order valence-corrected chi connectivity index (χ3v) is 2.70. The molecule has 1 N–H and O–H groups in total. The van der Waals surface area contributed by atoms with E-state index in [1.165, 1.54) is 12.1 Å². The molecule has 1 aromatic carbocycles. The summed E-state index contributed by atoms with van der Waals surface area (Å²) < 4.78 is 10.3. The van der Waals surface area contributed by atoms with E-state index in [1.807, 2.05) is 0 Å². The molecule has 3 rings (SSSR count). The zero-order valence-corrected chi connectivity index (χ0v) is 7.54. The molecule has 0 saturated carbocycles. The standard InChI is InChI=1S/C9H7NO5/c11-5-8-9(14-8,15-8)6-1-3-7(4-2-6)10(12)13/h1-4,11H,5H2. The number of non-ortho nitro benzene ring substituents is 1. The van der Waals surface area contributed by atoms with Crippen LogP contribution in [0.25, 0.3) is 0 Å². The Hall–Kier alpha value is -1.50. The van der Waals surface area contributed by atoms with Crippen LogP contribution in [0.3, 0.4) is 0 Å². The Balaban J connectivity index is 1.88. The van der Waals surface area contributed by atoms with Gasteiger partial charge in [-0.2, -0.15) is 0 Å². The fraction of sp³-hybridized carbons (Fsp3) is 0.333. The summed E-state index contributed by atoms with van der Waals surface area (Å²) in [6, 6.07) is 5.91. The molecule has 0 aliphatic carbocycles. The predicted octanol–water partition coefficient (Wildman–Crippen LogP) is 0.497. The first-order chi connectivity index (χ1) is 7.13. The number of fused-ring (bicyclic) bond motifs is 1. The lowest BCUT2D eigenvalue weighted by molar-refractivity contribution is -0.384. The Bertz CT molecular complexity index is 434. The quantitative estimate of drug-likeness (QED) is 0.444. The SMILES string of the molecule is O=[N+]([O-])c1ccc(C23OC2(CO)O3)cc1. The molecular weight excluding hydrogens is 202 g/mol. The highest BCUT2D eigenvalue weighted by atomic mass is 17.1. The molecule has 6 nitrogen and oxygen atoms in total. The lowest BCUT2D eigenvalue weighted by atomic mass is 10.1. The van der Waals surface area contributed by atoms with Crippen molar-refractivity contribution < 1.29 is 19.5 Å². The Morgan fingerprint density at radius 3 is 2.33 bits per heavy atom. The van der Waals surface area contributed by atoms with Crippen molar-refractivity contribution in [3.8, 4) is 0 Å². The lowest BCUT2D eigenvalue weighted by Crippen LogP contribution is -2.03. The molecule has 2 fully saturated rings. The van der Waals surface area contributed by atoms with Crippen LogP contribution >= 0.6 is 0 Å². The Morgan fingerprint density at radius 1 is 1.33 bits per heavy atom. The summed E-state index contributed by atoms with van der Waals surface area (Å²) >= 11 is 0. The van der Waals surface area contributed by atoms with Gasteiger partial charge < -0.3 is 14.6 Å². The summed E-state index contributed by atoms with van der Waals surface area (Å²) in [5, 5.41) is 19.3. The molecule has 2 heterocycles. The topological polar surface area (TPSA) is 88.4 Å². The second kappa shape index (κ2) is 2.35. The average Bonchev–Trinajstić information content (AvgIpc) is 3.03. The van der Waals surface area contributed by atoms with Crippen LogP contribution in [0, 0.1) is 10.1 Å². The molecule has 0 bridgehead atoms. The van der Waals surface area contributed by atoms with Gasteiger partial charge >= 0.3 is 0 Å². The number of aliphatic hydroxyl groups is 1. The highest BCUT2D eigenvalue weighted by molar-refractivity contribution is 5.41. The highest BCUT2D eigenvalue weighted by Crippen LogP contribution is 2.73. The number of rotatable bonds is 3. The Labute approximate surface area is 84.2 Å². The van der Waals surface area contributed by atoms with Gasteiger partial charge in [0, 0.05) is 17.7 Å². The van der Waals surface area contributed by atoms with Crippen molar-refractivity contribution in [3.05, 3.63) is 39.9 Å². The summed E-state index contributed by atoms with van der Waals surface area (Å²) in [6.45, 7) is -0.204. The maximum absolute atomic E-state index is 10.4. The molecule has 0 spiro atoms. The normalized spacial score (nSPS) is 35.8. The first-order valence-electron chi connectivity index (χ1n) is 4.40. The van der Waals surface area contributed by atoms with Gasteiger partial charge in [0.15, 0.2) is 0 Å². The van der Waals surface area contributed by atoms with E-state index in [1.54, 1.807) is 12.1 Å². The van der Waals surface area contributed by atoms with Crippen molar-refractivity contribution in [2.24, 2.45) is 0 Å². The van der Waals surface area contributed by atoms with E-state index < -0.39 is 16.5 Å². The molecule has 0 amide bonds. The summed E-state index contributed by atoms with van der Waals surface area (Å²) in [6.07, 6.45) is 0. The van der Waals surface area contributed by atoms with Crippen molar-refractivity contribution in [2.45, 2.75) is 11.6 Å². The number of hydrogen-bond donors (Lipinski definition) is 1. The van der Waals surface area contributed by atoms with Crippen molar-refractivity contribution in [3.63, 3.8) is 0 Å². The van der Waals surface area contributed by atoms with Gasteiger partial charge in [-0.05, 0) is 12.1 Å². The van der Waals surface area contributed by atoms with Gasteiger partial charge in [-0.3, -0.25) is 10.1 Å². The molecule has 0 radical (unpaired) electrons. The van der Waals surface area contributed by atoms with Gasteiger partial charge in [0.25, 0.3) is 17.3 Å². The molecule has 6 heteroatoms. The number of ether oxygens (including phenoxy) is 2. The van der Waals surface area contributed by atoms with Crippen LogP contribution in [0.4, 0.5) is 5.69 Å². The van der Waals surface area contributed by atoms with E-state index in [-0.39, 0.29) is 12.3 Å². The number of aliphatic hydroxyl groups excluding tert-OH is 1. The van der Waals surface area contributed by atoms with E-state index in [4.69, 9.17) is 14.6 Å². The number of nitro benzene ring substituents is 1. The molecule has 78 valence electrons. The molecular formula is C9H7NO5. The third kappa shape index (κ3) is 0.930. The van der Waals surface area contributed by atoms with Crippen molar-refractivity contribution in [1.82, 2.24) is 0 Å². The largest absolute Gasteiger partial charge is 0.391 e. The first kappa shape index (κ1) is 8.78. The van der Waals surface area contributed by atoms with Crippen LogP contribution in [-0.4, -0.2) is 22.4 Å². The maximum Gasteiger partial charge on any atom is 0.269 e. The minimum Gasteiger partial charge on any atom is -0.391 e. The minimum atomic E-state index is -0.872. The number of benzene rings is 1. The van der Waals surface area contributed by atoms with E-state index in [0.29, 0.717) is 5.56 Å². The molecule has 2 aliphatic heterocycles. The maximum atomic E-state index is 10.4. The van der Waals surface area contributed by atoms with E-state index in [9.17, 15) is 10.1 Å². The lowest BCUT2D eigenvalue weighted by Gasteiger charge is -1.99. The zero-order chi connectivity index (χ0) is 10.7. The van der Waals surface area contributed by atoms with Crippen molar-refractivity contribution in [2.75, 3.05) is 6.61 Å². The van der Waals surface area contributed by atoms with Gasteiger partial charge in [-0.15, -0.1) is 0 Å². The summed E-state index contributed by atoms with van der Waals surface area (Å²) in [4.78, 5) is 9.94. The molecule has 0 atom stereocenters. The van der Waals surface area contributed by atoms with Crippen LogP contribution in [0.15, 0.2) is 24.3 Å². The second-order valence-corrected chi connectivity index (χ2v) is 3.54. The van der Waals surface area contributed by atoms with Crippen LogP contribution in [0.5, 0.6) is 0 Å². The van der Waals surface area contributed by atoms with Crippen LogP contribution in [-0.2, 0) is 15.3 Å². The summed E-state index contributed by atoms with van der Waals surface area (Å²) in [5.74, 6) is -1.71. The molecule has 2 aliphatic rings. The van der Waals surface area contributed by atoms with E-state index in [2.05, 4.69) is 0 Å². The fourth-order valence-electron chi connectivity index (χ4n) is 1.73. The van der Waals surface area contributed by atoms with Gasteiger partial charge in [-0.25, -0.2) is 0 Å². The van der Waals surface area contributed by atoms with Gasteiger partial charge in [0.2, 0.25) is 0 Å². The average molecular weight is 209 g/mol. The predicted molar refractivity (Wildman–Crippen MR) is 46.8 cm³/mol. The van der Waals surface area contributed by atoms with Gasteiger partial charge in [-0.1, -0.05) is 0 Å². The highest BCUT2D eigenvalue weighted by Gasteiger charge is 2.91. The molecule has 15 heavy (non-hydrogen) atoms. The molecule has 2 saturated heterocycles. The van der Waals surface area contributed by atoms with Crippen LogP contribution in [0.2, 0.25) is 0 Å². The molecule has 0 unspecified atom stereocenters. The van der Waals surface area contributed by atoms with E-state index in [0.717, 1.165) is 0 Å². The molecule has 0 aromatic heterocycles. The Kier molecular flexibility index (Phi) is 1.38. The number of nitro groups is 1. The van der Waals surface area contributed by atoms with Crippen LogP contribution in [0.1, 0.15) is 5.56 Å². The van der Waals surface area contributed by atoms with Gasteiger partial charge in [0.05, 0.1) is 4.92 Å². The van der Waals surface area contributed by atoms with Crippen molar-refractivity contribution in [1.29, 1.82) is 0 Å². The minimum absolute atomic E-state index is 0.0195.